The highest BCUT2D eigenvalue weighted by atomic mass is 16.5. The van der Waals surface area contributed by atoms with E-state index in [0.717, 1.165) is 28.9 Å². The first-order chi connectivity index (χ1) is 12.0. The minimum Gasteiger partial charge on any atom is -0.496 e. The lowest BCUT2D eigenvalue weighted by atomic mass is 10.1. The van der Waals surface area contributed by atoms with E-state index in [0.29, 0.717) is 18.7 Å². The van der Waals surface area contributed by atoms with Gasteiger partial charge in [-0.25, -0.2) is 4.79 Å². The number of carbonyl (C=O) groups excluding carboxylic acids is 2. The Bertz CT molecular complexity index is 742. The normalized spacial score (nSPS) is 10.2. The van der Waals surface area contributed by atoms with Gasteiger partial charge in [0.2, 0.25) is 0 Å². The van der Waals surface area contributed by atoms with Crippen LogP contribution in [0.1, 0.15) is 27.0 Å². The molecule has 132 valence electrons. The van der Waals surface area contributed by atoms with Crippen molar-refractivity contribution in [1.82, 2.24) is 10.6 Å². The third-order valence-corrected chi connectivity index (χ3v) is 3.85. The Balaban J connectivity index is 1.84. The second-order valence-corrected chi connectivity index (χ2v) is 5.72. The van der Waals surface area contributed by atoms with E-state index in [9.17, 15) is 9.59 Å². The van der Waals surface area contributed by atoms with Crippen LogP contribution in [0.3, 0.4) is 0 Å². The van der Waals surface area contributed by atoms with Gasteiger partial charge >= 0.3 is 6.03 Å². The molecule has 0 saturated heterocycles. The average molecular weight is 341 g/mol. The van der Waals surface area contributed by atoms with Crippen LogP contribution in [0, 0.1) is 6.92 Å². The molecule has 0 aliphatic rings. The van der Waals surface area contributed by atoms with Crippen LogP contribution in [0.15, 0.2) is 42.5 Å². The molecule has 0 radical (unpaired) electrons. The molecule has 0 heterocycles. The molecule has 0 atom stereocenters. The lowest BCUT2D eigenvalue weighted by Gasteiger charge is -2.09. The van der Waals surface area contributed by atoms with Crippen LogP contribution < -0.4 is 21.1 Å². The van der Waals surface area contributed by atoms with E-state index in [2.05, 4.69) is 10.6 Å². The Labute approximate surface area is 147 Å². The fourth-order valence-corrected chi connectivity index (χ4v) is 2.41. The third-order valence-electron chi connectivity index (χ3n) is 3.85. The fourth-order valence-electron chi connectivity index (χ4n) is 2.41. The minimum absolute atomic E-state index is 0.131. The smallest absolute Gasteiger partial charge is 0.312 e. The number of rotatable bonds is 7. The Morgan fingerprint density at radius 2 is 1.72 bits per heavy atom. The van der Waals surface area contributed by atoms with Crippen LogP contribution in [0.25, 0.3) is 0 Å². The number of hydrogen-bond acceptors (Lipinski definition) is 3. The number of hydrogen-bond donors (Lipinski definition) is 3. The second kappa shape index (κ2) is 8.73. The number of nitrogens with two attached hydrogens (primary N) is 1. The molecule has 2 aromatic carbocycles. The van der Waals surface area contributed by atoms with Crippen molar-refractivity contribution in [2.45, 2.75) is 19.9 Å². The summed E-state index contributed by atoms with van der Waals surface area (Å²) < 4.78 is 5.31. The number of urea groups is 1. The minimum atomic E-state index is -0.574. The molecular formula is C19H23N3O3. The highest BCUT2D eigenvalue weighted by Gasteiger charge is 2.06. The van der Waals surface area contributed by atoms with Crippen molar-refractivity contribution in [2.75, 3.05) is 13.7 Å². The molecule has 0 unspecified atom stereocenters. The van der Waals surface area contributed by atoms with Gasteiger partial charge in [0, 0.05) is 18.7 Å². The summed E-state index contributed by atoms with van der Waals surface area (Å²) in [6.07, 6.45) is 0.725. The van der Waals surface area contributed by atoms with Crippen LogP contribution in [0.2, 0.25) is 0 Å². The monoisotopic (exact) mass is 341 g/mol. The standard InChI is InChI=1S/C19H23N3O3/c1-13-3-4-14(11-17(13)25-2)9-10-21-18(23)16-7-5-15(6-8-16)12-22-19(20)24/h3-8,11H,9-10,12H2,1-2H3,(H,21,23)(H3,20,22,24). The SMILES string of the molecule is COc1cc(CCNC(=O)c2ccc(CNC(N)=O)cc2)ccc1C. The maximum Gasteiger partial charge on any atom is 0.312 e. The number of amides is 3. The van der Waals surface area contributed by atoms with Crippen LogP contribution in [0.5, 0.6) is 5.75 Å². The summed E-state index contributed by atoms with van der Waals surface area (Å²) in [7, 11) is 1.65. The number of ether oxygens (including phenoxy) is 1. The largest absolute Gasteiger partial charge is 0.496 e. The summed E-state index contributed by atoms with van der Waals surface area (Å²) in [5.74, 6) is 0.720. The molecule has 0 bridgehead atoms. The number of primary amides is 1. The van der Waals surface area contributed by atoms with E-state index >= 15 is 0 Å². The molecule has 3 amide bonds. The van der Waals surface area contributed by atoms with Gasteiger partial charge in [-0.05, 0) is 48.2 Å². The summed E-state index contributed by atoms with van der Waals surface area (Å²) in [4.78, 5) is 22.8. The van der Waals surface area contributed by atoms with Gasteiger partial charge in [0.1, 0.15) is 5.75 Å². The number of aryl methyl sites for hydroxylation is 1. The van der Waals surface area contributed by atoms with E-state index in [4.69, 9.17) is 10.5 Å². The van der Waals surface area contributed by atoms with Gasteiger partial charge in [-0.2, -0.15) is 0 Å². The zero-order chi connectivity index (χ0) is 18.2. The van der Waals surface area contributed by atoms with Crippen molar-refractivity contribution < 1.29 is 14.3 Å². The van der Waals surface area contributed by atoms with E-state index < -0.39 is 6.03 Å². The first kappa shape index (κ1) is 18.3. The van der Waals surface area contributed by atoms with Crippen LogP contribution in [-0.2, 0) is 13.0 Å². The van der Waals surface area contributed by atoms with Crippen molar-refractivity contribution in [3.8, 4) is 5.75 Å². The summed E-state index contributed by atoms with van der Waals surface area (Å²) in [5, 5.41) is 5.40. The molecular weight excluding hydrogens is 318 g/mol. The molecule has 6 nitrogen and oxygen atoms in total. The molecule has 0 aliphatic heterocycles. The summed E-state index contributed by atoms with van der Waals surface area (Å²) in [5.41, 5.74) is 8.67. The Kier molecular flexibility index (Phi) is 6.39. The van der Waals surface area contributed by atoms with E-state index in [1.807, 2.05) is 25.1 Å². The Hall–Kier alpha value is -3.02. The molecule has 2 aromatic rings. The van der Waals surface area contributed by atoms with Gasteiger partial charge in [-0.3, -0.25) is 4.79 Å². The van der Waals surface area contributed by atoms with Gasteiger partial charge in [0.05, 0.1) is 7.11 Å². The van der Waals surface area contributed by atoms with E-state index in [1.165, 1.54) is 0 Å². The quantitative estimate of drug-likeness (QED) is 0.720. The van der Waals surface area contributed by atoms with E-state index in [-0.39, 0.29) is 5.91 Å². The molecule has 25 heavy (non-hydrogen) atoms. The van der Waals surface area contributed by atoms with Crippen molar-refractivity contribution in [2.24, 2.45) is 5.73 Å². The van der Waals surface area contributed by atoms with Crippen LogP contribution in [0.4, 0.5) is 4.79 Å². The molecule has 6 heteroatoms. The van der Waals surface area contributed by atoms with Gasteiger partial charge in [-0.15, -0.1) is 0 Å². The van der Waals surface area contributed by atoms with Gasteiger partial charge in [-0.1, -0.05) is 24.3 Å². The summed E-state index contributed by atoms with van der Waals surface area (Å²) in [6.45, 7) is 2.87. The van der Waals surface area contributed by atoms with Crippen molar-refractivity contribution >= 4 is 11.9 Å². The highest BCUT2D eigenvalue weighted by molar-refractivity contribution is 5.94. The molecule has 4 N–H and O–H groups in total. The maximum atomic E-state index is 12.2. The number of benzene rings is 2. The van der Waals surface area contributed by atoms with Crippen molar-refractivity contribution in [3.05, 3.63) is 64.7 Å². The topological polar surface area (TPSA) is 93.4 Å². The van der Waals surface area contributed by atoms with Gasteiger partial charge < -0.3 is 21.1 Å². The lowest BCUT2D eigenvalue weighted by molar-refractivity contribution is 0.0954. The van der Waals surface area contributed by atoms with E-state index in [1.54, 1.807) is 31.4 Å². The molecule has 0 fully saturated rings. The maximum absolute atomic E-state index is 12.2. The summed E-state index contributed by atoms with van der Waals surface area (Å²) >= 11 is 0. The van der Waals surface area contributed by atoms with Crippen molar-refractivity contribution in [1.29, 1.82) is 0 Å². The number of methoxy groups -OCH3 is 1. The molecule has 0 aliphatic carbocycles. The third kappa shape index (κ3) is 5.53. The summed E-state index contributed by atoms with van der Waals surface area (Å²) in [6, 6.07) is 12.5. The van der Waals surface area contributed by atoms with Crippen molar-refractivity contribution in [3.63, 3.8) is 0 Å². The lowest BCUT2D eigenvalue weighted by Crippen LogP contribution is -2.28. The highest BCUT2D eigenvalue weighted by Crippen LogP contribution is 2.19. The fraction of sp³-hybridized carbons (Fsp3) is 0.263. The zero-order valence-corrected chi connectivity index (χ0v) is 14.5. The second-order valence-electron chi connectivity index (χ2n) is 5.72. The van der Waals surface area contributed by atoms with Gasteiger partial charge in [0.25, 0.3) is 5.91 Å². The first-order valence-corrected chi connectivity index (χ1v) is 8.03. The molecule has 0 aromatic heterocycles. The average Bonchev–Trinajstić information content (AvgIpc) is 2.61. The van der Waals surface area contributed by atoms with Crippen LogP contribution in [-0.4, -0.2) is 25.6 Å². The number of carbonyl (C=O) groups is 2. The van der Waals surface area contributed by atoms with Gasteiger partial charge in [0.15, 0.2) is 0 Å². The molecule has 2 rings (SSSR count). The molecule has 0 saturated carbocycles. The Morgan fingerprint density at radius 3 is 2.36 bits per heavy atom. The predicted molar refractivity (Wildman–Crippen MR) is 96.6 cm³/mol. The number of nitrogens with one attached hydrogen (secondary N) is 2. The van der Waals surface area contributed by atoms with Crippen LogP contribution >= 0.6 is 0 Å². The Morgan fingerprint density at radius 1 is 1.04 bits per heavy atom. The molecule has 0 spiro atoms. The zero-order valence-electron chi connectivity index (χ0n) is 14.5. The first-order valence-electron chi connectivity index (χ1n) is 8.03. The predicted octanol–water partition coefficient (Wildman–Crippen LogP) is 2.14.